The molecule has 0 amide bonds. The van der Waals surface area contributed by atoms with Gasteiger partial charge in [0.05, 0.1) is 0 Å². The predicted octanol–water partition coefficient (Wildman–Crippen LogP) is 8.79. The van der Waals surface area contributed by atoms with E-state index >= 15 is 0 Å². The zero-order valence-electron chi connectivity index (χ0n) is 17.5. The Bertz CT molecular complexity index is 1570. The van der Waals surface area contributed by atoms with Crippen LogP contribution < -0.4 is 0 Å². The number of aryl methyl sites for hydroxylation is 1. The first kappa shape index (κ1) is 17.9. The monoisotopic (exact) mass is 394 g/mol. The van der Waals surface area contributed by atoms with Crippen LogP contribution in [0, 0.1) is 6.92 Å². The molecule has 6 aromatic carbocycles. The second kappa shape index (κ2) is 7.11. The fourth-order valence-corrected chi connectivity index (χ4v) is 4.86. The Hall–Kier alpha value is -3.90. The zero-order valence-corrected chi connectivity index (χ0v) is 17.5. The van der Waals surface area contributed by atoms with Crippen molar-refractivity contribution in [1.29, 1.82) is 0 Å². The van der Waals surface area contributed by atoms with Crippen molar-refractivity contribution in [2.45, 2.75) is 6.92 Å². The van der Waals surface area contributed by atoms with E-state index in [9.17, 15) is 0 Å². The minimum absolute atomic E-state index is 1.25. The second-order valence-electron chi connectivity index (χ2n) is 8.23. The highest BCUT2D eigenvalue weighted by atomic mass is 14.2. The lowest BCUT2D eigenvalue weighted by molar-refractivity contribution is 1.57. The maximum atomic E-state index is 2.37. The summed E-state index contributed by atoms with van der Waals surface area (Å²) in [5.74, 6) is 0. The van der Waals surface area contributed by atoms with E-state index in [1.54, 1.807) is 0 Å². The molecule has 0 unspecified atom stereocenters. The molecule has 0 heterocycles. The van der Waals surface area contributed by atoms with E-state index in [4.69, 9.17) is 0 Å². The maximum Gasteiger partial charge on any atom is -0.00262 e. The molecule has 0 heteroatoms. The van der Waals surface area contributed by atoms with Crippen LogP contribution >= 0.6 is 0 Å². The maximum absolute atomic E-state index is 2.37. The summed E-state index contributed by atoms with van der Waals surface area (Å²) in [6, 6.07) is 41.8. The van der Waals surface area contributed by atoms with Crippen LogP contribution in [0.25, 0.3) is 54.6 Å². The van der Waals surface area contributed by atoms with Crippen LogP contribution in [-0.2, 0) is 0 Å². The third kappa shape index (κ3) is 2.92. The molecule has 146 valence electrons. The summed E-state index contributed by atoms with van der Waals surface area (Å²) in [6.45, 7) is 2.25. The minimum Gasteiger partial charge on any atom is -0.0622 e. The molecule has 0 spiro atoms. The molecule has 0 aliphatic carbocycles. The summed E-state index contributed by atoms with van der Waals surface area (Å²) in [7, 11) is 0. The highest BCUT2D eigenvalue weighted by Gasteiger charge is 2.14. The molecule has 0 saturated carbocycles. The highest BCUT2D eigenvalue weighted by molar-refractivity contribution is 6.16. The van der Waals surface area contributed by atoms with Gasteiger partial charge in [0.15, 0.2) is 0 Å². The van der Waals surface area contributed by atoms with Crippen LogP contribution in [0.4, 0.5) is 0 Å². The van der Waals surface area contributed by atoms with Crippen LogP contribution in [0.15, 0.2) is 115 Å². The van der Waals surface area contributed by atoms with Gasteiger partial charge in [-0.05, 0) is 79.2 Å². The van der Waals surface area contributed by atoms with E-state index in [-0.39, 0.29) is 0 Å². The van der Waals surface area contributed by atoms with Gasteiger partial charge in [-0.3, -0.25) is 0 Å². The topological polar surface area (TPSA) is 0 Å². The molecule has 0 aliphatic heterocycles. The molecule has 31 heavy (non-hydrogen) atoms. The predicted molar refractivity (Wildman–Crippen MR) is 135 cm³/mol. The molecule has 6 rings (SSSR count). The van der Waals surface area contributed by atoms with Gasteiger partial charge in [0.2, 0.25) is 0 Å². The van der Waals surface area contributed by atoms with E-state index in [2.05, 4.69) is 122 Å². The number of benzene rings is 6. The lowest BCUT2D eigenvalue weighted by Crippen LogP contribution is -1.90. The highest BCUT2D eigenvalue weighted by Crippen LogP contribution is 2.41. The second-order valence-corrected chi connectivity index (χ2v) is 8.23. The van der Waals surface area contributed by atoms with Crippen molar-refractivity contribution in [2.75, 3.05) is 0 Å². The van der Waals surface area contributed by atoms with E-state index in [0.29, 0.717) is 0 Å². The zero-order chi connectivity index (χ0) is 20.8. The van der Waals surface area contributed by atoms with E-state index < -0.39 is 0 Å². The van der Waals surface area contributed by atoms with Gasteiger partial charge in [0.25, 0.3) is 0 Å². The molecule has 0 fully saturated rings. The van der Waals surface area contributed by atoms with Crippen LogP contribution in [0.2, 0.25) is 0 Å². The van der Waals surface area contributed by atoms with Crippen LogP contribution in [0.3, 0.4) is 0 Å². The van der Waals surface area contributed by atoms with Crippen molar-refractivity contribution in [3.8, 4) is 22.3 Å². The summed E-state index contributed by atoms with van der Waals surface area (Å²) in [4.78, 5) is 0. The molecule has 0 radical (unpaired) electrons. The van der Waals surface area contributed by atoms with Crippen molar-refractivity contribution in [2.24, 2.45) is 0 Å². The largest absolute Gasteiger partial charge is 0.0622 e. The Morgan fingerprint density at radius 3 is 1.87 bits per heavy atom. The molecule has 0 saturated heterocycles. The molecular weight excluding hydrogens is 372 g/mol. The molecule has 0 aliphatic rings. The van der Waals surface area contributed by atoms with E-state index in [1.807, 2.05) is 0 Å². The summed E-state index contributed by atoms with van der Waals surface area (Å²) in [6.07, 6.45) is 0. The van der Waals surface area contributed by atoms with Crippen molar-refractivity contribution in [3.63, 3.8) is 0 Å². The van der Waals surface area contributed by atoms with E-state index in [1.165, 1.54) is 60.1 Å². The minimum atomic E-state index is 1.25. The Kier molecular flexibility index (Phi) is 4.11. The number of hydrogen-bond acceptors (Lipinski definition) is 0. The Morgan fingerprint density at radius 2 is 1.03 bits per heavy atom. The molecule has 6 aromatic rings. The summed E-state index contributed by atoms with van der Waals surface area (Å²) in [5, 5.41) is 7.82. The summed E-state index contributed by atoms with van der Waals surface area (Å²) in [5.41, 5.74) is 6.43. The SMILES string of the molecule is Cc1c2ccccc2c(-c2ccc3ccccc3c2)c2cc(-c3ccccc3)ccc12. The van der Waals surface area contributed by atoms with Crippen LogP contribution in [0.1, 0.15) is 5.56 Å². The molecule has 0 N–H and O–H groups in total. The molecular formula is C31H22. The van der Waals surface area contributed by atoms with Gasteiger partial charge >= 0.3 is 0 Å². The third-order valence-electron chi connectivity index (χ3n) is 6.44. The van der Waals surface area contributed by atoms with Gasteiger partial charge in [-0.1, -0.05) is 103 Å². The van der Waals surface area contributed by atoms with Crippen molar-refractivity contribution >= 4 is 32.3 Å². The lowest BCUT2D eigenvalue weighted by Gasteiger charge is -2.17. The van der Waals surface area contributed by atoms with Gasteiger partial charge in [-0.2, -0.15) is 0 Å². The normalized spacial score (nSPS) is 11.4. The third-order valence-corrected chi connectivity index (χ3v) is 6.44. The molecule has 0 atom stereocenters. The van der Waals surface area contributed by atoms with Gasteiger partial charge in [0.1, 0.15) is 0 Å². The first-order valence-electron chi connectivity index (χ1n) is 10.8. The number of hydrogen-bond donors (Lipinski definition) is 0. The van der Waals surface area contributed by atoms with Crippen molar-refractivity contribution in [1.82, 2.24) is 0 Å². The number of rotatable bonds is 2. The van der Waals surface area contributed by atoms with Crippen LogP contribution in [0.5, 0.6) is 0 Å². The van der Waals surface area contributed by atoms with Gasteiger partial charge in [0, 0.05) is 0 Å². The fourth-order valence-electron chi connectivity index (χ4n) is 4.86. The standard InChI is InChI=1S/C31H22/c1-21-27-13-7-8-14-29(27)31(26-16-15-23-11-5-6-12-24(23)19-26)30-20-25(17-18-28(21)30)22-9-3-2-4-10-22/h2-20H,1H3. The first-order chi connectivity index (χ1) is 15.3. The van der Waals surface area contributed by atoms with Crippen molar-refractivity contribution < 1.29 is 0 Å². The van der Waals surface area contributed by atoms with Gasteiger partial charge in [-0.25, -0.2) is 0 Å². The Morgan fingerprint density at radius 1 is 0.387 bits per heavy atom. The smallest absolute Gasteiger partial charge is 0.00262 e. The Labute approximate surface area is 182 Å². The quantitative estimate of drug-likeness (QED) is 0.257. The van der Waals surface area contributed by atoms with Gasteiger partial charge < -0.3 is 0 Å². The summed E-state index contributed by atoms with van der Waals surface area (Å²) >= 11 is 0. The molecule has 0 bridgehead atoms. The fraction of sp³-hybridized carbons (Fsp3) is 0.0323. The molecule has 0 aromatic heterocycles. The summed E-state index contributed by atoms with van der Waals surface area (Å²) < 4.78 is 0. The van der Waals surface area contributed by atoms with Gasteiger partial charge in [-0.15, -0.1) is 0 Å². The average molecular weight is 395 g/mol. The van der Waals surface area contributed by atoms with Crippen LogP contribution in [-0.4, -0.2) is 0 Å². The number of fused-ring (bicyclic) bond motifs is 3. The average Bonchev–Trinajstić information content (AvgIpc) is 2.84. The lowest BCUT2D eigenvalue weighted by atomic mass is 9.87. The molecule has 0 nitrogen and oxygen atoms in total. The first-order valence-corrected chi connectivity index (χ1v) is 10.8. The Balaban J connectivity index is 1.74. The van der Waals surface area contributed by atoms with E-state index in [0.717, 1.165) is 0 Å². The van der Waals surface area contributed by atoms with Crippen molar-refractivity contribution in [3.05, 3.63) is 121 Å².